The number of hydrogen-bond acceptors (Lipinski definition) is 7. The summed E-state index contributed by atoms with van der Waals surface area (Å²) in [7, 11) is 1.69. The zero-order chi connectivity index (χ0) is 22.8. The first kappa shape index (κ1) is 21.8. The summed E-state index contributed by atoms with van der Waals surface area (Å²) in [6.07, 6.45) is 7.81. The van der Waals surface area contributed by atoms with Gasteiger partial charge in [-0.15, -0.1) is 0 Å². The lowest BCUT2D eigenvalue weighted by Gasteiger charge is -2.36. The standard InChI is InChI=1S/C24H29N5O4/c1-32-15-21-20(11-25-29(21)19-5-3-2-4-6-19)23-26-22(27-33-23)17-9-7-16(8-10-17)12-28-13-18(14-28)24(30)31/h7-11,18-19H,2-6,12-15H2,1H3,(H,30,31). The summed E-state index contributed by atoms with van der Waals surface area (Å²) in [6, 6.07) is 8.39. The molecule has 0 atom stereocenters. The third kappa shape index (κ3) is 4.56. The molecule has 1 aliphatic carbocycles. The molecule has 1 aliphatic heterocycles. The molecule has 5 rings (SSSR count). The Kier molecular flexibility index (Phi) is 6.24. The molecule has 0 spiro atoms. The Bertz CT molecular complexity index is 1090. The second-order valence-corrected chi connectivity index (χ2v) is 9.02. The lowest BCUT2D eigenvalue weighted by atomic mass is 9.95. The zero-order valence-corrected chi connectivity index (χ0v) is 18.8. The molecule has 9 heteroatoms. The van der Waals surface area contributed by atoms with E-state index in [0.717, 1.165) is 41.8 Å². The molecule has 3 heterocycles. The summed E-state index contributed by atoms with van der Waals surface area (Å²) in [5.74, 6) is 0.0173. The van der Waals surface area contributed by atoms with Crippen molar-refractivity contribution < 1.29 is 19.2 Å². The average Bonchev–Trinajstić information content (AvgIpc) is 3.44. The van der Waals surface area contributed by atoms with Gasteiger partial charge in [-0.2, -0.15) is 10.1 Å². The highest BCUT2D eigenvalue weighted by molar-refractivity contribution is 5.71. The van der Waals surface area contributed by atoms with Crippen molar-refractivity contribution in [3.8, 4) is 22.8 Å². The number of ether oxygens (including phenoxy) is 1. The number of aliphatic carboxylic acids is 1. The molecule has 0 amide bonds. The third-order valence-electron chi connectivity index (χ3n) is 6.68. The topological polar surface area (TPSA) is 107 Å². The van der Waals surface area contributed by atoms with Gasteiger partial charge >= 0.3 is 5.97 Å². The highest BCUT2D eigenvalue weighted by atomic mass is 16.5. The van der Waals surface area contributed by atoms with Crippen molar-refractivity contribution >= 4 is 5.97 Å². The van der Waals surface area contributed by atoms with Crippen LogP contribution >= 0.6 is 0 Å². The van der Waals surface area contributed by atoms with Crippen LogP contribution < -0.4 is 0 Å². The number of carboxylic acids is 1. The Labute approximate surface area is 192 Å². The predicted molar refractivity (Wildman–Crippen MR) is 120 cm³/mol. The molecule has 1 N–H and O–H groups in total. The largest absolute Gasteiger partial charge is 0.481 e. The van der Waals surface area contributed by atoms with Gasteiger partial charge in [-0.3, -0.25) is 14.4 Å². The van der Waals surface area contributed by atoms with Gasteiger partial charge in [0.25, 0.3) is 5.89 Å². The molecule has 174 valence electrons. The molecule has 0 radical (unpaired) electrons. The molecular weight excluding hydrogens is 422 g/mol. The van der Waals surface area contributed by atoms with Crippen molar-refractivity contribution in [3.63, 3.8) is 0 Å². The number of rotatable bonds is 8. The van der Waals surface area contributed by atoms with E-state index in [1.165, 1.54) is 19.3 Å². The monoisotopic (exact) mass is 451 g/mol. The first-order valence-electron chi connectivity index (χ1n) is 11.6. The van der Waals surface area contributed by atoms with Crippen LogP contribution in [0.4, 0.5) is 0 Å². The van der Waals surface area contributed by atoms with Crippen molar-refractivity contribution in [2.45, 2.75) is 51.3 Å². The van der Waals surface area contributed by atoms with E-state index in [-0.39, 0.29) is 5.92 Å². The van der Waals surface area contributed by atoms with E-state index < -0.39 is 5.97 Å². The minimum Gasteiger partial charge on any atom is -0.481 e. The van der Waals surface area contributed by atoms with E-state index in [9.17, 15) is 4.79 Å². The Morgan fingerprint density at radius 1 is 1.18 bits per heavy atom. The summed E-state index contributed by atoms with van der Waals surface area (Å²) in [6.45, 7) is 2.38. The van der Waals surface area contributed by atoms with Crippen molar-refractivity contribution in [1.82, 2.24) is 24.8 Å². The van der Waals surface area contributed by atoms with Crippen LogP contribution in [-0.2, 0) is 22.7 Å². The maximum absolute atomic E-state index is 11.0. The van der Waals surface area contributed by atoms with Crippen LogP contribution in [0.5, 0.6) is 0 Å². The molecule has 2 aliphatic rings. The van der Waals surface area contributed by atoms with Gasteiger partial charge in [0.05, 0.1) is 36.0 Å². The van der Waals surface area contributed by atoms with Gasteiger partial charge in [0.2, 0.25) is 5.82 Å². The van der Waals surface area contributed by atoms with E-state index in [1.54, 1.807) is 13.3 Å². The molecule has 1 saturated carbocycles. The van der Waals surface area contributed by atoms with Crippen LogP contribution in [-0.4, -0.2) is 56.1 Å². The quantitative estimate of drug-likeness (QED) is 0.552. The fraction of sp³-hybridized carbons (Fsp3) is 0.500. The minimum absolute atomic E-state index is 0.243. The van der Waals surface area contributed by atoms with Gasteiger partial charge in [-0.05, 0) is 18.4 Å². The highest BCUT2D eigenvalue weighted by Crippen LogP contribution is 2.33. The Hall–Kier alpha value is -3.04. The fourth-order valence-corrected chi connectivity index (χ4v) is 4.81. The Morgan fingerprint density at radius 3 is 2.64 bits per heavy atom. The van der Waals surface area contributed by atoms with E-state index in [1.807, 2.05) is 24.3 Å². The molecule has 9 nitrogen and oxygen atoms in total. The van der Waals surface area contributed by atoms with Crippen LogP contribution in [0.2, 0.25) is 0 Å². The van der Waals surface area contributed by atoms with Gasteiger partial charge in [0.15, 0.2) is 0 Å². The normalized spacial score (nSPS) is 17.8. The van der Waals surface area contributed by atoms with Crippen LogP contribution in [0.1, 0.15) is 49.4 Å². The van der Waals surface area contributed by atoms with Gasteiger partial charge < -0.3 is 14.4 Å². The number of methoxy groups -OCH3 is 1. The molecule has 33 heavy (non-hydrogen) atoms. The number of carboxylic acid groups (broad SMARTS) is 1. The number of nitrogens with zero attached hydrogens (tertiary/aromatic N) is 5. The molecular formula is C24H29N5O4. The van der Waals surface area contributed by atoms with Crippen LogP contribution in [0.15, 0.2) is 35.0 Å². The number of hydrogen-bond donors (Lipinski definition) is 1. The number of aromatic nitrogens is 4. The Morgan fingerprint density at radius 2 is 1.94 bits per heavy atom. The second kappa shape index (κ2) is 9.44. The maximum atomic E-state index is 11.0. The van der Waals surface area contributed by atoms with Crippen molar-refractivity contribution in [2.24, 2.45) is 5.92 Å². The molecule has 1 aromatic carbocycles. The summed E-state index contributed by atoms with van der Waals surface area (Å²) >= 11 is 0. The molecule has 3 aromatic rings. The van der Waals surface area contributed by atoms with Gasteiger partial charge in [-0.25, -0.2) is 0 Å². The fourth-order valence-electron chi connectivity index (χ4n) is 4.81. The molecule has 0 bridgehead atoms. The van der Waals surface area contributed by atoms with E-state index in [2.05, 4.69) is 24.8 Å². The third-order valence-corrected chi connectivity index (χ3v) is 6.68. The van der Waals surface area contributed by atoms with Crippen LogP contribution in [0, 0.1) is 5.92 Å². The lowest BCUT2D eigenvalue weighted by Crippen LogP contribution is -2.49. The van der Waals surface area contributed by atoms with E-state index in [4.69, 9.17) is 14.4 Å². The highest BCUT2D eigenvalue weighted by Gasteiger charge is 2.32. The number of benzene rings is 1. The zero-order valence-electron chi connectivity index (χ0n) is 18.8. The van der Waals surface area contributed by atoms with Gasteiger partial charge in [-0.1, -0.05) is 48.7 Å². The smallest absolute Gasteiger partial charge is 0.309 e. The maximum Gasteiger partial charge on any atom is 0.309 e. The summed E-state index contributed by atoms with van der Waals surface area (Å²) in [5.41, 5.74) is 3.80. The summed E-state index contributed by atoms with van der Waals surface area (Å²) < 4.78 is 13.2. The first-order valence-corrected chi connectivity index (χ1v) is 11.6. The molecule has 2 fully saturated rings. The van der Waals surface area contributed by atoms with Crippen LogP contribution in [0.25, 0.3) is 22.8 Å². The van der Waals surface area contributed by atoms with Gasteiger partial charge in [0.1, 0.15) is 0 Å². The van der Waals surface area contributed by atoms with Crippen LogP contribution in [0.3, 0.4) is 0 Å². The van der Waals surface area contributed by atoms with E-state index in [0.29, 0.717) is 37.5 Å². The van der Waals surface area contributed by atoms with Gasteiger partial charge in [0, 0.05) is 32.3 Å². The van der Waals surface area contributed by atoms with Crippen molar-refractivity contribution in [1.29, 1.82) is 0 Å². The average molecular weight is 452 g/mol. The second-order valence-electron chi connectivity index (χ2n) is 9.02. The van der Waals surface area contributed by atoms with E-state index >= 15 is 0 Å². The molecule has 0 unspecified atom stereocenters. The van der Waals surface area contributed by atoms with Crippen molar-refractivity contribution in [3.05, 3.63) is 41.7 Å². The number of carbonyl (C=O) groups is 1. The first-order chi connectivity index (χ1) is 16.1. The summed E-state index contributed by atoms with van der Waals surface area (Å²) in [4.78, 5) is 17.7. The predicted octanol–water partition coefficient (Wildman–Crippen LogP) is 3.77. The summed E-state index contributed by atoms with van der Waals surface area (Å²) in [5, 5.41) is 17.9. The Balaban J connectivity index is 1.30. The minimum atomic E-state index is -0.715. The SMILES string of the molecule is COCc1c(-c2nc(-c3ccc(CN4CC(C(=O)O)C4)cc3)no2)cnn1C1CCCCC1. The molecule has 1 saturated heterocycles. The number of likely N-dealkylation sites (tertiary alicyclic amines) is 1. The van der Waals surface area contributed by atoms with Crippen molar-refractivity contribution in [2.75, 3.05) is 20.2 Å². The molecule has 2 aromatic heterocycles. The lowest BCUT2D eigenvalue weighted by molar-refractivity contribution is -0.147.